The Balaban J connectivity index is 1.63. The van der Waals surface area contributed by atoms with Gasteiger partial charge in [0.15, 0.2) is 0 Å². The van der Waals surface area contributed by atoms with Crippen molar-refractivity contribution in [3.63, 3.8) is 0 Å². The highest BCUT2D eigenvalue weighted by molar-refractivity contribution is 7.86. The molecule has 0 spiro atoms. The van der Waals surface area contributed by atoms with Crippen LogP contribution < -0.4 is 0 Å². The van der Waals surface area contributed by atoms with Crippen LogP contribution in [0.4, 0.5) is 4.39 Å². The molecule has 0 radical (unpaired) electrons. The first-order chi connectivity index (χ1) is 9.27. The largest absolute Gasteiger partial charge is 0.745 e. The molecule has 20 heavy (non-hydrogen) atoms. The number of carbonyl (C=O) groups is 1. The minimum absolute atomic E-state index is 0.0469. The molecule has 0 saturated heterocycles. The van der Waals surface area contributed by atoms with E-state index in [-0.39, 0.29) is 12.0 Å². The summed E-state index contributed by atoms with van der Waals surface area (Å²) in [5.74, 6) is 0.411. The van der Waals surface area contributed by atoms with Crippen LogP contribution in [0.5, 0.6) is 0 Å². The Bertz CT molecular complexity index is 480. The number of esters is 1. The van der Waals surface area contributed by atoms with Crippen LogP contribution in [0, 0.1) is 23.2 Å². The fraction of sp³-hybridized carbons (Fsp3) is 0.923. The number of rotatable bonds is 4. The van der Waals surface area contributed by atoms with Crippen molar-refractivity contribution in [3.8, 4) is 0 Å². The van der Waals surface area contributed by atoms with Crippen LogP contribution in [0.15, 0.2) is 0 Å². The van der Waals surface area contributed by atoms with Crippen molar-refractivity contribution in [2.24, 2.45) is 23.2 Å². The Morgan fingerprint density at radius 3 is 2.05 bits per heavy atom. The number of halogens is 1. The minimum Gasteiger partial charge on any atom is -0.745 e. The first-order valence-corrected chi connectivity index (χ1v) is 8.50. The maximum Gasteiger partial charge on any atom is 0.355 e. The number of alkyl halides is 1. The normalized spacial score (nSPS) is 40.6. The number of ether oxygens (including phenoxy) is 1. The average Bonchev–Trinajstić information content (AvgIpc) is 2.32. The summed E-state index contributed by atoms with van der Waals surface area (Å²) in [5, 5.41) is 0. The SMILES string of the molecule is O=C(OCC12CC3CC(CC(C3)C1)C2)C(F)S(=O)(=O)[O-]. The highest BCUT2D eigenvalue weighted by Crippen LogP contribution is 2.60. The lowest BCUT2D eigenvalue weighted by atomic mass is 9.50. The molecule has 0 N–H and O–H groups in total. The van der Waals surface area contributed by atoms with Crippen LogP contribution in [-0.2, 0) is 19.6 Å². The monoisotopic (exact) mass is 305 g/mol. The van der Waals surface area contributed by atoms with Crippen molar-refractivity contribution in [1.82, 2.24) is 0 Å². The smallest absolute Gasteiger partial charge is 0.355 e. The van der Waals surface area contributed by atoms with Crippen molar-refractivity contribution in [1.29, 1.82) is 0 Å². The summed E-state index contributed by atoms with van der Waals surface area (Å²) in [6.07, 6.45) is 6.59. The Morgan fingerprint density at radius 2 is 1.65 bits per heavy atom. The molecule has 4 saturated carbocycles. The summed E-state index contributed by atoms with van der Waals surface area (Å²) in [7, 11) is -5.27. The van der Waals surface area contributed by atoms with Gasteiger partial charge >= 0.3 is 5.97 Å². The van der Waals surface area contributed by atoms with Gasteiger partial charge in [0.2, 0.25) is 0 Å². The van der Waals surface area contributed by atoms with Crippen LogP contribution >= 0.6 is 0 Å². The Labute approximate surface area is 117 Å². The Morgan fingerprint density at radius 1 is 1.20 bits per heavy atom. The molecule has 4 bridgehead atoms. The van der Waals surface area contributed by atoms with Gasteiger partial charge in [0.1, 0.15) is 10.1 Å². The van der Waals surface area contributed by atoms with Crippen LogP contribution in [0.1, 0.15) is 38.5 Å². The molecule has 114 valence electrons. The second kappa shape index (κ2) is 4.66. The highest BCUT2D eigenvalue weighted by Gasteiger charge is 2.51. The first-order valence-electron chi connectivity index (χ1n) is 7.03. The molecular formula is C13H18FO5S-. The van der Waals surface area contributed by atoms with Gasteiger partial charge in [-0.15, -0.1) is 0 Å². The molecule has 0 aromatic rings. The predicted molar refractivity (Wildman–Crippen MR) is 66.2 cm³/mol. The van der Waals surface area contributed by atoms with E-state index in [1.54, 1.807) is 0 Å². The van der Waals surface area contributed by atoms with Gasteiger partial charge in [0, 0.05) is 5.41 Å². The third-order valence-corrected chi connectivity index (χ3v) is 5.82. The van der Waals surface area contributed by atoms with Gasteiger partial charge in [-0.25, -0.2) is 17.6 Å². The van der Waals surface area contributed by atoms with E-state index in [4.69, 9.17) is 4.74 Å². The molecule has 7 heteroatoms. The van der Waals surface area contributed by atoms with Gasteiger partial charge in [-0.2, -0.15) is 0 Å². The van der Waals surface area contributed by atoms with E-state index in [1.165, 1.54) is 19.3 Å². The maximum absolute atomic E-state index is 13.1. The van der Waals surface area contributed by atoms with E-state index in [9.17, 15) is 22.2 Å². The van der Waals surface area contributed by atoms with Gasteiger partial charge in [0.05, 0.1) is 6.61 Å². The summed E-state index contributed by atoms with van der Waals surface area (Å²) < 4.78 is 49.3. The molecule has 0 heterocycles. The summed E-state index contributed by atoms with van der Waals surface area (Å²) in [6, 6.07) is 0. The van der Waals surface area contributed by atoms with E-state index in [0.29, 0.717) is 17.8 Å². The lowest BCUT2D eigenvalue weighted by Crippen LogP contribution is -2.48. The quantitative estimate of drug-likeness (QED) is 0.581. The molecule has 4 fully saturated rings. The molecule has 0 aliphatic heterocycles. The summed E-state index contributed by atoms with van der Waals surface area (Å²) >= 11 is 0. The third kappa shape index (κ3) is 2.57. The summed E-state index contributed by atoms with van der Waals surface area (Å²) in [4.78, 5) is 11.3. The zero-order chi connectivity index (χ0) is 14.5. The molecule has 4 aliphatic carbocycles. The molecule has 0 aromatic carbocycles. The van der Waals surface area contributed by atoms with Crippen LogP contribution in [0.3, 0.4) is 0 Å². The molecule has 0 aromatic heterocycles. The van der Waals surface area contributed by atoms with Gasteiger partial charge in [-0.3, -0.25) is 0 Å². The van der Waals surface area contributed by atoms with Crippen molar-refractivity contribution in [2.45, 2.75) is 44.0 Å². The van der Waals surface area contributed by atoms with Crippen LogP contribution in [-0.4, -0.2) is 31.1 Å². The second-order valence-corrected chi connectivity index (χ2v) is 8.23. The van der Waals surface area contributed by atoms with Gasteiger partial charge in [-0.1, -0.05) is 0 Å². The molecule has 4 aliphatic rings. The van der Waals surface area contributed by atoms with E-state index < -0.39 is 21.6 Å². The average molecular weight is 305 g/mol. The molecule has 1 atom stereocenters. The fourth-order valence-electron chi connectivity index (χ4n) is 4.87. The lowest BCUT2D eigenvalue weighted by molar-refractivity contribution is -0.158. The molecule has 0 amide bonds. The van der Waals surface area contributed by atoms with E-state index in [2.05, 4.69) is 0 Å². The molecule has 1 unspecified atom stereocenters. The fourth-order valence-corrected chi connectivity index (χ4v) is 5.18. The zero-order valence-corrected chi connectivity index (χ0v) is 11.9. The summed E-state index contributed by atoms with van der Waals surface area (Å²) in [6.45, 7) is 0.0469. The zero-order valence-electron chi connectivity index (χ0n) is 11.1. The number of carbonyl (C=O) groups excluding carboxylic acids is 1. The second-order valence-electron chi connectivity index (χ2n) is 6.83. The Hall–Kier alpha value is -0.690. The van der Waals surface area contributed by atoms with Crippen molar-refractivity contribution < 1.29 is 26.9 Å². The minimum atomic E-state index is -5.27. The van der Waals surface area contributed by atoms with E-state index >= 15 is 0 Å². The standard InChI is InChI=1S/C13H19FO5S/c14-11(20(16,17)18)12(15)19-7-13-4-8-1-9(5-13)3-10(2-8)6-13/h8-11H,1-7H2,(H,16,17,18)/p-1. The molecule has 4 rings (SSSR count). The van der Waals surface area contributed by atoms with Gasteiger partial charge in [0.25, 0.3) is 5.50 Å². The Kier molecular flexibility index (Phi) is 3.32. The third-order valence-electron chi connectivity index (χ3n) is 5.12. The maximum atomic E-state index is 13.1. The predicted octanol–water partition coefficient (Wildman–Crippen LogP) is 1.59. The van der Waals surface area contributed by atoms with E-state index in [1.807, 2.05) is 0 Å². The highest BCUT2D eigenvalue weighted by atomic mass is 32.2. The van der Waals surface area contributed by atoms with Crippen molar-refractivity contribution >= 4 is 16.1 Å². The van der Waals surface area contributed by atoms with Crippen LogP contribution in [0.2, 0.25) is 0 Å². The van der Waals surface area contributed by atoms with Crippen molar-refractivity contribution in [3.05, 3.63) is 0 Å². The van der Waals surface area contributed by atoms with Gasteiger partial charge < -0.3 is 9.29 Å². The number of hydrogen-bond acceptors (Lipinski definition) is 5. The molecular weight excluding hydrogens is 287 g/mol. The van der Waals surface area contributed by atoms with E-state index in [0.717, 1.165) is 19.3 Å². The topological polar surface area (TPSA) is 83.5 Å². The summed E-state index contributed by atoms with van der Waals surface area (Å²) in [5.41, 5.74) is -3.21. The molecule has 5 nitrogen and oxygen atoms in total. The number of hydrogen-bond donors (Lipinski definition) is 0. The first kappa shape index (κ1) is 14.3. The van der Waals surface area contributed by atoms with Crippen LogP contribution in [0.25, 0.3) is 0 Å². The lowest BCUT2D eigenvalue weighted by Gasteiger charge is -2.56. The van der Waals surface area contributed by atoms with Gasteiger partial charge in [-0.05, 0) is 56.3 Å². The van der Waals surface area contributed by atoms with Crippen molar-refractivity contribution in [2.75, 3.05) is 6.61 Å².